The number of amides is 3. The van der Waals surface area contributed by atoms with Crippen molar-refractivity contribution in [2.45, 2.75) is 13.3 Å². The first-order valence-electron chi connectivity index (χ1n) is 7.60. The highest BCUT2D eigenvalue weighted by molar-refractivity contribution is 5.89. The van der Waals surface area contributed by atoms with Crippen LogP contribution in [0.15, 0.2) is 18.2 Å². The molecule has 1 aliphatic rings. The van der Waals surface area contributed by atoms with Crippen molar-refractivity contribution in [3.8, 4) is 0 Å². The summed E-state index contributed by atoms with van der Waals surface area (Å²) in [5.74, 6) is -0.316. The van der Waals surface area contributed by atoms with Crippen molar-refractivity contribution in [3.63, 3.8) is 0 Å². The number of urea groups is 1. The molecule has 23 heavy (non-hydrogen) atoms. The summed E-state index contributed by atoms with van der Waals surface area (Å²) in [6, 6.07) is 4.31. The third kappa shape index (κ3) is 4.66. The van der Waals surface area contributed by atoms with E-state index < -0.39 is 0 Å². The molecule has 6 nitrogen and oxygen atoms in total. The van der Waals surface area contributed by atoms with Gasteiger partial charge in [0, 0.05) is 39.0 Å². The van der Waals surface area contributed by atoms with Crippen molar-refractivity contribution in [1.82, 2.24) is 9.80 Å². The van der Waals surface area contributed by atoms with Gasteiger partial charge in [-0.1, -0.05) is 6.07 Å². The van der Waals surface area contributed by atoms with Gasteiger partial charge in [-0.25, -0.2) is 9.18 Å². The number of hydrogen-bond acceptors (Lipinski definition) is 3. The Labute approximate surface area is 135 Å². The monoisotopic (exact) mass is 323 g/mol. The summed E-state index contributed by atoms with van der Waals surface area (Å²) < 4.78 is 18.4. The smallest absolute Gasteiger partial charge is 0.321 e. The second kappa shape index (κ2) is 7.92. The summed E-state index contributed by atoms with van der Waals surface area (Å²) in [5.41, 5.74) is 0.961. The lowest BCUT2D eigenvalue weighted by molar-refractivity contribution is -0.133. The highest BCUT2D eigenvalue weighted by Crippen LogP contribution is 2.14. The van der Waals surface area contributed by atoms with Crippen molar-refractivity contribution in [2.24, 2.45) is 0 Å². The van der Waals surface area contributed by atoms with Gasteiger partial charge < -0.3 is 19.9 Å². The van der Waals surface area contributed by atoms with E-state index in [1.54, 1.807) is 36.0 Å². The van der Waals surface area contributed by atoms with E-state index in [-0.39, 0.29) is 17.8 Å². The Morgan fingerprint density at radius 1 is 1.22 bits per heavy atom. The lowest BCUT2D eigenvalue weighted by Crippen LogP contribution is -2.51. The molecule has 0 aromatic heterocycles. The lowest BCUT2D eigenvalue weighted by atomic mass is 10.2. The quantitative estimate of drug-likeness (QED) is 0.920. The first-order valence-corrected chi connectivity index (χ1v) is 7.60. The summed E-state index contributed by atoms with van der Waals surface area (Å²) in [5, 5.41) is 2.68. The summed E-state index contributed by atoms with van der Waals surface area (Å²) >= 11 is 0. The summed E-state index contributed by atoms with van der Waals surface area (Å²) in [7, 11) is 1.56. The Hall–Kier alpha value is -2.15. The Morgan fingerprint density at radius 2 is 1.87 bits per heavy atom. The van der Waals surface area contributed by atoms with E-state index >= 15 is 0 Å². The molecule has 1 aromatic rings. The number of nitrogens with one attached hydrogen (secondary N) is 1. The van der Waals surface area contributed by atoms with Crippen molar-refractivity contribution < 1.29 is 18.7 Å². The van der Waals surface area contributed by atoms with E-state index in [1.807, 2.05) is 0 Å². The van der Waals surface area contributed by atoms with Crippen LogP contribution in [0.2, 0.25) is 0 Å². The number of methoxy groups -OCH3 is 1. The molecule has 1 aromatic carbocycles. The van der Waals surface area contributed by atoms with Crippen molar-refractivity contribution in [3.05, 3.63) is 29.6 Å². The Kier molecular flexibility index (Phi) is 5.92. The van der Waals surface area contributed by atoms with Gasteiger partial charge in [0.2, 0.25) is 5.91 Å². The molecule has 0 spiro atoms. The topological polar surface area (TPSA) is 61.9 Å². The maximum absolute atomic E-state index is 13.5. The summed E-state index contributed by atoms with van der Waals surface area (Å²) in [6.07, 6.45) is 0.353. The molecule has 1 N–H and O–H groups in total. The molecule has 1 saturated heterocycles. The zero-order valence-corrected chi connectivity index (χ0v) is 13.5. The highest BCUT2D eigenvalue weighted by Gasteiger charge is 2.23. The number of carbonyl (C=O) groups excluding carboxylic acids is 2. The van der Waals surface area contributed by atoms with Gasteiger partial charge in [0.05, 0.1) is 13.0 Å². The molecule has 1 fully saturated rings. The van der Waals surface area contributed by atoms with Gasteiger partial charge in [-0.3, -0.25) is 4.79 Å². The number of rotatable bonds is 4. The highest BCUT2D eigenvalue weighted by atomic mass is 19.1. The van der Waals surface area contributed by atoms with Crippen LogP contribution in [-0.4, -0.2) is 61.6 Å². The molecule has 3 amide bonds. The van der Waals surface area contributed by atoms with E-state index in [2.05, 4.69) is 5.32 Å². The summed E-state index contributed by atoms with van der Waals surface area (Å²) in [6.45, 7) is 3.98. The molecule has 0 atom stereocenters. The molecule has 0 saturated carbocycles. The fraction of sp³-hybridized carbons (Fsp3) is 0.500. The maximum Gasteiger partial charge on any atom is 0.321 e. The average Bonchev–Trinajstić information content (AvgIpc) is 2.56. The van der Waals surface area contributed by atoms with Crippen LogP contribution in [0, 0.1) is 12.7 Å². The van der Waals surface area contributed by atoms with Gasteiger partial charge in [0.1, 0.15) is 5.82 Å². The van der Waals surface area contributed by atoms with Crippen LogP contribution in [0.1, 0.15) is 12.0 Å². The van der Waals surface area contributed by atoms with E-state index in [1.165, 1.54) is 6.07 Å². The van der Waals surface area contributed by atoms with Gasteiger partial charge in [-0.05, 0) is 24.6 Å². The van der Waals surface area contributed by atoms with Crippen LogP contribution < -0.4 is 5.32 Å². The maximum atomic E-state index is 13.5. The van der Waals surface area contributed by atoms with Crippen LogP contribution >= 0.6 is 0 Å². The fourth-order valence-electron chi connectivity index (χ4n) is 2.38. The second-order valence-electron chi connectivity index (χ2n) is 5.50. The molecule has 1 aliphatic heterocycles. The van der Waals surface area contributed by atoms with Crippen molar-refractivity contribution in [2.75, 3.05) is 45.2 Å². The minimum atomic E-state index is -0.351. The van der Waals surface area contributed by atoms with Crippen LogP contribution in [0.25, 0.3) is 0 Å². The van der Waals surface area contributed by atoms with E-state index in [0.717, 1.165) is 0 Å². The number of benzene rings is 1. The van der Waals surface area contributed by atoms with Crippen molar-refractivity contribution >= 4 is 17.6 Å². The first kappa shape index (κ1) is 17.2. The lowest BCUT2D eigenvalue weighted by Gasteiger charge is -2.34. The molecule has 1 heterocycles. The number of ether oxygens (including phenoxy) is 1. The molecule has 0 unspecified atom stereocenters. The van der Waals surface area contributed by atoms with Gasteiger partial charge in [-0.2, -0.15) is 0 Å². The molecule has 7 heteroatoms. The van der Waals surface area contributed by atoms with E-state index in [4.69, 9.17) is 4.74 Å². The third-order valence-corrected chi connectivity index (χ3v) is 3.86. The number of piperazine rings is 1. The standard InChI is InChI=1S/C16H22FN3O3/c1-12-3-4-13(11-14(12)17)18-16(22)20-8-6-19(7-9-20)15(21)5-10-23-2/h3-4,11H,5-10H2,1-2H3,(H,18,22). The Bertz CT molecular complexity index is 572. The first-order chi connectivity index (χ1) is 11.0. The third-order valence-electron chi connectivity index (χ3n) is 3.86. The molecule has 0 bridgehead atoms. The average molecular weight is 323 g/mol. The van der Waals surface area contributed by atoms with Gasteiger partial charge in [0.15, 0.2) is 0 Å². The van der Waals surface area contributed by atoms with Gasteiger partial charge >= 0.3 is 6.03 Å². The van der Waals surface area contributed by atoms with Crippen LogP contribution in [0.5, 0.6) is 0 Å². The minimum Gasteiger partial charge on any atom is -0.384 e. The number of hydrogen-bond donors (Lipinski definition) is 1. The Morgan fingerprint density at radius 3 is 2.48 bits per heavy atom. The summed E-state index contributed by atoms with van der Waals surface area (Å²) in [4.78, 5) is 27.4. The zero-order chi connectivity index (χ0) is 16.8. The van der Waals surface area contributed by atoms with Gasteiger partial charge in [0.25, 0.3) is 0 Å². The number of aryl methyl sites for hydroxylation is 1. The predicted molar refractivity (Wildman–Crippen MR) is 84.8 cm³/mol. The van der Waals surface area contributed by atoms with E-state index in [0.29, 0.717) is 50.5 Å². The minimum absolute atomic E-state index is 0.0347. The fourth-order valence-corrected chi connectivity index (χ4v) is 2.38. The predicted octanol–water partition coefficient (Wildman–Crippen LogP) is 1.85. The van der Waals surface area contributed by atoms with Crippen LogP contribution in [0.4, 0.5) is 14.9 Å². The van der Waals surface area contributed by atoms with Crippen LogP contribution in [0.3, 0.4) is 0 Å². The molecule has 0 aliphatic carbocycles. The normalized spacial score (nSPS) is 14.7. The largest absolute Gasteiger partial charge is 0.384 e. The number of carbonyl (C=O) groups is 2. The SMILES string of the molecule is COCCC(=O)N1CCN(C(=O)Nc2ccc(C)c(F)c2)CC1. The number of anilines is 1. The van der Waals surface area contributed by atoms with Crippen molar-refractivity contribution in [1.29, 1.82) is 0 Å². The molecule has 126 valence electrons. The number of nitrogens with zero attached hydrogens (tertiary/aromatic N) is 2. The van der Waals surface area contributed by atoms with Gasteiger partial charge in [-0.15, -0.1) is 0 Å². The van der Waals surface area contributed by atoms with Crippen LogP contribution in [-0.2, 0) is 9.53 Å². The number of halogens is 1. The Balaban J connectivity index is 1.83. The molecular weight excluding hydrogens is 301 g/mol. The molecule has 2 rings (SSSR count). The molecular formula is C16H22FN3O3. The second-order valence-corrected chi connectivity index (χ2v) is 5.50. The molecule has 0 radical (unpaired) electrons. The zero-order valence-electron chi connectivity index (χ0n) is 13.5. The van der Waals surface area contributed by atoms with E-state index in [9.17, 15) is 14.0 Å².